The van der Waals surface area contributed by atoms with Gasteiger partial charge in [-0.2, -0.15) is 0 Å². The number of allylic oxidation sites excluding steroid dienone is 1. The zero-order valence-corrected chi connectivity index (χ0v) is 6.42. The molecule has 0 amide bonds. The Balaban J connectivity index is 2.65. The number of hydrogen-bond acceptors (Lipinski definition) is 3. The summed E-state index contributed by atoms with van der Waals surface area (Å²) in [5.74, 6) is 1.62. The van der Waals surface area contributed by atoms with Gasteiger partial charge in [-0.25, -0.2) is 0 Å². The minimum absolute atomic E-state index is 0.224. The van der Waals surface area contributed by atoms with Crippen molar-refractivity contribution in [1.29, 1.82) is 0 Å². The molecule has 0 radical (unpaired) electrons. The average Bonchev–Trinajstić information content (AvgIpc) is 2.37. The van der Waals surface area contributed by atoms with Crippen molar-refractivity contribution in [2.24, 2.45) is 0 Å². The van der Waals surface area contributed by atoms with Gasteiger partial charge in [0, 0.05) is 6.08 Å². The van der Waals surface area contributed by atoms with Crippen molar-refractivity contribution in [3.05, 3.63) is 36.5 Å². The van der Waals surface area contributed by atoms with E-state index < -0.39 is 0 Å². The highest BCUT2D eigenvalue weighted by Gasteiger charge is 2.13. The van der Waals surface area contributed by atoms with Gasteiger partial charge in [-0.3, -0.25) is 0 Å². The summed E-state index contributed by atoms with van der Waals surface area (Å²) in [7, 11) is 1.54. The summed E-state index contributed by atoms with van der Waals surface area (Å²) in [6, 6.07) is 0. The zero-order valence-electron chi connectivity index (χ0n) is 6.42. The van der Waals surface area contributed by atoms with E-state index in [1.807, 2.05) is 0 Å². The van der Waals surface area contributed by atoms with Crippen molar-refractivity contribution in [3.63, 3.8) is 0 Å². The Kier molecular flexibility index (Phi) is 2.21. The van der Waals surface area contributed by atoms with E-state index in [0.29, 0.717) is 17.3 Å². The van der Waals surface area contributed by atoms with E-state index in [4.69, 9.17) is 14.2 Å². The van der Waals surface area contributed by atoms with E-state index in [9.17, 15) is 0 Å². The molecular formula is C8H10O3. The molecule has 0 bridgehead atoms. The van der Waals surface area contributed by atoms with Crippen molar-refractivity contribution in [2.45, 2.75) is 0 Å². The average molecular weight is 154 g/mol. The molecule has 0 aromatic rings. The van der Waals surface area contributed by atoms with Gasteiger partial charge in [0.05, 0.1) is 7.11 Å². The van der Waals surface area contributed by atoms with Crippen LogP contribution in [0, 0.1) is 0 Å². The lowest BCUT2D eigenvalue weighted by Crippen LogP contribution is -1.84. The first-order valence-corrected chi connectivity index (χ1v) is 3.13. The third-order valence-corrected chi connectivity index (χ3v) is 1.28. The number of hydrogen-bond donors (Lipinski definition) is 0. The molecule has 0 aromatic carbocycles. The Hall–Kier alpha value is -1.38. The molecule has 0 unspecified atom stereocenters. The van der Waals surface area contributed by atoms with Crippen molar-refractivity contribution in [3.8, 4) is 0 Å². The van der Waals surface area contributed by atoms with Crippen LogP contribution in [0.3, 0.4) is 0 Å². The summed E-state index contributed by atoms with van der Waals surface area (Å²) in [5, 5.41) is 0. The van der Waals surface area contributed by atoms with Crippen LogP contribution in [-0.2, 0) is 14.2 Å². The SMILES string of the molecule is C=C(/C=C1/OCOC1=C)OC. The lowest BCUT2D eigenvalue weighted by Gasteiger charge is -1.97. The molecule has 1 fully saturated rings. The van der Waals surface area contributed by atoms with E-state index in [2.05, 4.69) is 13.2 Å². The topological polar surface area (TPSA) is 27.7 Å². The minimum Gasteiger partial charge on any atom is -0.497 e. The molecule has 0 spiro atoms. The van der Waals surface area contributed by atoms with Crippen LogP contribution in [0.1, 0.15) is 0 Å². The maximum absolute atomic E-state index is 5.04. The zero-order chi connectivity index (χ0) is 8.27. The maximum atomic E-state index is 5.04. The van der Waals surface area contributed by atoms with Gasteiger partial charge < -0.3 is 14.2 Å². The highest BCUT2D eigenvalue weighted by Crippen LogP contribution is 2.19. The Labute approximate surface area is 65.6 Å². The quantitative estimate of drug-likeness (QED) is 0.565. The molecule has 1 aliphatic rings. The van der Waals surface area contributed by atoms with E-state index in [1.165, 1.54) is 7.11 Å². The standard InChI is InChI=1S/C8H10O3/c1-6(9-3)4-8-7(2)10-5-11-8/h4H,1-2,5H2,3H3/b8-4+. The van der Waals surface area contributed by atoms with Crippen molar-refractivity contribution in [2.75, 3.05) is 13.9 Å². The third-order valence-electron chi connectivity index (χ3n) is 1.28. The fourth-order valence-corrected chi connectivity index (χ4v) is 0.643. The van der Waals surface area contributed by atoms with Crippen LogP contribution in [0.2, 0.25) is 0 Å². The highest BCUT2D eigenvalue weighted by molar-refractivity contribution is 5.25. The molecule has 0 N–H and O–H groups in total. The molecule has 1 aliphatic heterocycles. The Morgan fingerprint density at radius 2 is 2.36 bits per heavy atom. The summed E-state index contributed by atoms with van der Waals surface area (Å²) in [5.41, 5.74) is 0. The smallest absolute Gasteiger partial charge is 0.231 e. The van der Waals surface area contributed by atoms with Crippen LogP contribution < -0.4 is 0 Å². The first-order valence-electron chi connectivity index (χ1n) is 3.13. The lowest BCUT2D eigenvalue weighted by atomic mass is 10.4. The van der Waals surface area contributed by atoms with Gasteiger partial charge in [-0.1, -0.05) is 13.2 Å². The molecule has 60 valence electrons. The largest absolute Gasteiger partial charge is 0.497 e. The summed E-state index contributed by atoms with van der Waals surface area (Å²) >= 11 is 0. The van der Waals surface area contributed by atoms with Crippen LogP contribution in [0.15, 0.2) is 36.5 Å². The molecular weight excluding hydrogens is 144 g/mol. The first-order chi connectivity index (χ1) is 5.24. The van der Waals surface area contributed by atoms with Crippen LogP contribution >= 0.6 is 0 Å². The molecule has 3 heteroatoms. The van der Waals surface area contributed by atoms with Crippen molar-refractivity contribution in [1.82, 2.24) is 0 Å². The molecule has 1 heterocycles. The maximum Gasteiger partial charge on any atom is 0.231 e. The number of ether oxygens (including phenoxy) is 3. The minimum atomic E-state index is 0.224. The lowest BCUT2D eigenvalue weighted by molar-refractivity contribution is 0.0977. The molecule has 0 aromatic heterocycles. The molecule has 0 saturated carbocycles. The molecule has 0 atom stereocenters. The fraction of sp³-hybridized carbons (Fsp3) is 0.250. The Morgan fingerprint density at radius 1 is 1.64 bits per heavy atom. The monoisotopic (exact) mass is 154 g/mol. The van der Waals surface area contributed by atoms with Gasteiger partial charge in [0.15, 0.2) is 11.5 Å². The van der Waals surface area contributed by atoms with Gasteiger partial charge in [0.25, 0.3) is 0 Å². The van der Waals surface area contributed by atoms with E-state index in [0.717, 1.165) is 0 Å². The molecule has 11 heavy (non-hydrogen) atoms. The van der Waals surface area contributed by atoms with Gasteiger partial charge >= 0.3 is 0 Å². The van der Waals surface area contributed by atoms with E-state index >= 15 is 0 Å². The Bertz CT molecular complexity index is 215. The van der Waals surface area contributed by atoms with Crippen molar-refractivity contribution < 1.29 is 14.2 Å². The van der Waals surface area contributed by atoms with Gasteiger partial charge in [-0.15, -0.1) is 0 Å². The van der Waals surface area contributed by atoms with E-state index in [-0.39, 0.29) is 6.79 Å². The number of rotatable bonds is 2. The number of methoxy groups -OCH3 is 1. The second-order valence-electron chi connectivity index (χ2n) is 2.01. The summed E-state index contributed by atoms with van der Waals surface area (Å²) in [6.07, 6.45) is 1.63. The second kappa shape index (κ2) is 3.14. The molecule has 0 aliphatic carbocycles. The van der Waals surface area contributed by atoms with Crippen LogP contribution in [0.25, 0.3) is 0 Å². The predicted molar refractivity (Wildman–Crippen MR) is 40.4 cm³/mol. The fourth-order valence-electron chi connectivity index (χ4n) is 0.643. The van der Waals surface area contributed by atoms with Crippen LogP contribution in [-0.4, -0.2) is 13.9 Å². The summed E-state index contributed by atoms with van der Waals surface area (Å²) in [6.45, 7) is 7.43. The van der Waals surface area contributed by atoms with Gasteiger partial charge in [-0.05, 0) is 0 Å². The van der Waals surface area contributed by atoms with Crippen LogP contribution in [0.4, 0.5) is 0 Å². The van der Waals surface area contributed by atoms with Crippen molar-refractivity contribution >= 4 is 0 Å². The first kappa shape index (κ1) is 7.72. The summed E-state index contributed by atoms with van der Waals surface area (Å²) < 4.78 is 14.8. The van der Waals surface area contributed by atoms with Crippen LogP contribution in [0.5, 0.6) is 0 Å². The third kappa shape index (κ3) is 1.77. The van der Waals surface area contributed by atoms with Gasteiger partial charge in [0.2, 0.25) is 6.79 Å². The summed E-state index contributed by atoms with van der Waals surface area (Å²) in [4.78, 5) is 0. The van der Waals surface area contributed by atoms with Gasteiger partial charge in [0.1, 0.15) is 5.76 Å². The molecule has 3 nitrogen and oxygen atoms in total. The highest BCUT2D eigenvalue weighted by atomic mass is 16.7. The second-order valence-corrected chi connectivity index (χ2v) is 2.01. The molecule has 1 saturated heterocycles. The van der Waals surface area contributed by atoms with E-state index in [1.54, 1.807) is 6.08 Å². The molecule has 1 rings (SSSR count). The normalized spacial score (nSPS) is 19.4. The predicted octanol–water partition coefficient (Wildman–Crippen LogP) is 1.55. The Morgan fingerprint density at radius 3 is 2.82 bits per heavy atom.